The number of primary amides is 1. The number of halogens is 2. The van der Waals surface area contributed by atoms with Gasteiger partial charge in [0.25, 0.3) is 0 Å². The third kappa shape index (κ3) is 7.29. The first kappa shape index (κ1) is 31.6. The molecule has 4 heterocycles. The van der Waals surface area contributed by atoms with Gasteiger partial charge in [0, 0.05) is 36.0 Å². The Morgan fingerprint density at radius 1 is 1.07 bits per heavy atom. The zero-order chi connectivity index (χ0) is 32.6. The highest BCUT2D eigenvalue weighted by molar-refractivity contribution is 6.33. The van der Waals surface area contributed by atoms with Gasteiger partial charge in [-0.2, -0.15) is 15.0 Å². The van der Waals surface area contributed by atoms with Crippen LogP contribution in [0.15, 0.2) is 79.3 Å². The second-order valence-electron chi connectivity index (χ2n) is 9.51. The fourth-order valence-corrected chi connectivity index (χ4v) is 4.68. The molecule has 6 rings (SSSR count). The van der Waals surface area contributed by atoms with Crippen molar-refractivity contribution in [2.75, 3.05) is 20.2 Å². The average Bonchev–Trinajstić information content (AvgIpc) is 3.64. The van der Waals surface area contributed by atoms with Crippen LogP contribution < -0.4 is 10.5 Å². The number of ether oxygens (including phenoxy) is 2. The first-order chi connectivity index (χ1) is 22.2. The number of hydrogen-bond acceptors (Lipinski definition) is 10. The molecule has 46 heavy (non-hydrogen) atoms. The Bertz CT molecular complexity index is 2030. The number of rotatable bonds is 7. The van der Waals surface area contributed by atoms with Crippen molar-refractivity contribution in [2.24, 2.45) is 5.73 Å². The molecule has 16 heteroatoms. The number of nitrogens with zero attached hydrogens (tertiary/aromatic N) is 9. The number of amides is 2. The van der Waals surface area contributed by atoms with Gasteiger partial charge < -0.3 is 20.1 Å². The lowest BCUT2D eigenvalue weighted by Gasteiger charge is -2.16. The fourth-order valence-electron chi connectivity index (χ4n) is 4.26. The van der Waals surface area contributed by atoms with E-state index in [0.717, 1.165) is 0 Å². The number of benzene rings is 2. The van der Waals surface area contributed by atoms with Crippen molar-refractivity contribution in [2.45, 2.75) is 6.54 Å². The monoisotopic (exact) mass is 658 g/mol. The predicted molar refractivity (Wildman–Crippen MR) is 169 cm³/mol. The molecule has 2 aromatic carbocycles. The third-order valence-electron chi connectivity index (χ3n) is 6.38. The summed E-state index contributed by atoms with van der Waals surface area (Å²) < 4.78 is 13.5. The maximum absolute atomic E-state index is 13.1. The molecule has 2 N–H and O–H groups in total. The number of likely N-dealkylation sites (N-methyl/N-ethyl adjacent to an activating group) is 1. The van der Waals surface area contributed by atoms with Crippen molar-refractivity contribution in [3.63, 3.8) is 0 Å². The van der Waals surface area contributed by atoms with Crippen LogP contribution in [0.3, 0.4) is 0 Å². The molecule has 0 aliphatic heterocycles. The topological polar surface area (TPSA) is 180 Å². The van der Waals surface area contributed by atoms with Gasteiger partial charge in [-0.25, -0.2) is 19.3 Å². The highest BCUT2D eigenvalue weighted by Gasteiger charge is 2.22. The van der Waals surface area contributed by atoms with Crippen LogP contribution in [0.1, 0.15) is 11.3 Å². The summed E-state index contributed by atoms with van der Waals surface area (Å²) in [5.74, 6) is 0.552. The fraction of sp³-hybridized carbons (Fsp3) is 0.133. The quantitative estimate of drug-likeness (QED) is 0.237. The number of pyridine rings is 2. The molecule has 0 aliphatic rings. The van der Waals surface area contributed by atoms with Crippen molar-refractivity contribution in [3.05, 3.63) is 101 Å². The first-order valence-corrected chi connectivity index (χ1v) is 14.3. The zero-order valence-electron chi connectivity index (χ0n) is 24.1. The molecule has 2 amide bonds. The first-order valence-electron chi connectivity index (χ1n) is 13.5. The molecule has 0 spiro atoms. The lowest BCUT2D eigenvalue weighted by molar-refractivity contribution is 0.142. The highest BCUT2D eigenvalue weighted by Crippen LogP contribution is 2.37. The van der Waals surface area contributed by atoms with Crippen LogP contribution in [0.25, 0.3) is 22.1 Å². The lowest BCUT2D eigenvalue weighted by atomic mass is 10.2. The summed E-state index contributed by atoms with van der Waals surface area (Å²) in [5, 5.41) is 23.5. The predicted octanol–water partition coefficient (Wildman–Crippen LogP) is 5.27. The maximum atomic E-state index is 13.1. The highest BCUT2D eigenvalue weighted by atomic mass is 35.5. The normalized spacial score (nSPS) is 10.6. The number of nitriles is 1. The summed E-state index contributed by atoms with van der Waals surface area (Å²) in [5.41, 5.74) is 7.12. The number of nitrogens with two attached hydrogens (primary N) is 1. The van der Waals surface area contributed by atoms with Crippen LogP contribution >= 0.6 is 23.2 Å². The second-order valence-corrected chi connectivity index (χ2v) is 10.4. The molecule has 0 bridgehead atoms. The van der Waals surface area contributed by atoms with E-state index in [1.165, 1.54) is 21.7 Å². The van der Waals surface area contributed by atoms with Crippen molar-refractivity contribution in [1.29, 1.82) is 5.26 Å². The third-order valence-corrected chi connectivity index (χ3v) is 6.89. The number of hydrogen-bond donors (Lipinski definition) is 1. The molecule has 0 unspecified atom stereocenters. The van der Waals surface area contributed by atoms with Gasteiger partial charge in [0.2, 0.25) is 0 Å². The summed E-state index contributed by atoms with van der Waals surface area (Å²) in [7, 11) is 1.54. The van der Waals surface area contributed by atoms with Crippen molar-refractivity contribution in [1.82, 2.24) is 39.6 Å². The van der Waals surface area contributed by atoms with E-state index in [9.17, 15) is 14.9 Å². The Hall–Kier alpha value is -5.78. The van der Waals surface area contributed by atoms with Crippen LogP contribution in [-0.2, 0) is 11.3 Å². The van der Waals surface area contributed by atoms with Crippen LogP contribution in [-0.4, -0.2) is 72.0 Å². The summed E-state index contributed by atoms with van der Waals surface area (Å²) in [6.45, 7) is 0.178. The molecule has 0 fully saturated rings. The number of aromatic nitrogens is 7. The lowest BCUT2D eigenvalue weighted by Crippen LogP contribution is -2.35. The van der Waals surface area contributed by atoms with E-state index in [4.69, 9.17) is 38.4 Å². The minimum atomic E-state index is -0.927. The van der Waals surface area contributed by atoms with Crippen LogP contribution in [0, 0.1) is 11.3 Å². The molecule has 14 nitrogen and oxygen atoms in total. The van der Waals surface area contributed by atoms with Crippen LogP contribution in [0.5, 0.6) is 11.5 Å². The van der Waals surface area contributed by atoms with Crippen LogP contribution in [0.4, 0.5) is 9.59 Å². The van der Waals surface area contributed by atoms with Crippen molar-refractivity contribution >= 4 is 57.4 Å². The number of fused-ring (bicyclic) bond motifs is 2. The van der Waals surface area contributed by atoms with Crippen LogP contribution in [0.2, 0.25) is 10.0 Å². The standard InChI is InChI=1S/C25H19Cl2N9O4.C5H5N/c1-34(7-8-39-24(29)37)25(38)36-23-17(3-2-6-30-23)19(32-36)13-35-20-5-4-18(27)22(21(20)31-33-35)40-16-10-14(12-28)9-15(26)11-16;1-2-4-6-5-3-1/h2-6,9-11H,7-8,13H2,1H3,(H2,29,37);1-5H. The van der Waals surface area contributed by atoms with E-state index in [-0.39, 0.29) is 30.5 Å². The molecule has 6 aromatic rings. The molecule has 0 radical (unpaired) electrons. The smallest absolute Gasteiger partial charge is 0.404 e. The molecular weight excluding hydrogens is 635 g/mol. The SMILES string of the molecule is CN(CCOC(N)=O)C(=O)n1nc(Cn2nnc3c(Oc4cc(Cl)cc(C#N)c4)c(Cl)ccc32)c2cccnc21.c1ccncc1. The zero-order valence-corrected chi connectivity index (χ0v) is 25.6. The van der Waals surface area contributed by atoms with E-state index < -0.39 is 12.1 Å². The largest absolute Gasteiger partial charge is 0.453 e. The molecule has 0 aliphatic carbocycles. The summed E-state index contributed by atoms with van der Waals surface area (Å²) >= 11 is 12.5. The minimum Gasteiger partial charge on any atom is -0.453 e. The second kappa shape index (κ2) is 14.3. The number of carbonyl (C=O) groups excluding carboxylic acids is 2. The Morgan fingerprint density at radius 2 is 1.87 bits per heavy atom. The summed E-state index contributed by atoms with van der Waals surface area (Å²) in [6, 6.07) is 18.8. The van der Waals surface area contributed by atoms with Gasteiger partial charge in [-0.1, -0.05) is 34.5 Å². The molecular formula is C30H24Cl2N10O4. The molecule has 232 valence electrons. The maximum Gasteiger partial charge on any atom is 0.404 e. The van der Waals surface area contributed by atoms with E-state index in [1.807, 2.05) is 24.3 Å². The van der Waals surface area contributed by atoms with Crippen molar-refractivity contribution in [3.8, 4) is 17.6 Å². The van der Waals surface area contributed by atoms with Crippen molar-refractivity contribution < 1.29 is 19.1 Å². The van der Waals surface area contributed by atoms with Gasteiger partial charge in [0.15, 0.2) is 16.9 Å². The van der Waals surface area contributed by atoms with E-state index in [0.29, 0.717) is 44.1 Å². The Labute approximate surface area is 271 Å². The molecule has 0 saturated heterocycles. The summed E-state index contributed by atoms with van der Waals surface area (Å²) in [4.78, 5) is 33.4. The molecule has 0 atom stereocenters. The Balaban J connectivity index is 0.000000624. The van der Waals surface area contributed by atoms with E-state index >= 15 is 0 Å². The van der Waals surface area contributed by atoms with Gasteiger partial charge in [-0.3, -0.25) is 4.98 Å². The number of carbonyl (C=O) groups is 2. The van der Waals surface area contributed by atoms with Gasteiger partial charge in [0.05, 0.1) is 41.0 Å². The van der Waals surface area contributed by atoms with Gasteiger partial charge in [0.1, 0.15) is 12.4 Å². The minimum absolute atomic E-state index is 0.0675. The Kier molecular flexibility index (Phi) is 9.86. The van der Waals surface area contributed by atoms with E-state index in [2.05, 4.69) is 25.4 Å². The van der Waals surface area contributed by atoms with Gasteiger partial charge in [-0.15, -0.1) is 5.10 Å². The van der Waals surface area contributed by atoms with Gasteiger partial charge >= 0.3 is 12.1 Å². The Morgan fingerprint density at radius 3 is 2.57 bits per heavy atom. The molecule has 0 saturated carbocycles. The van der Waals surface area contributed by atoms with E-state index in [1.54, 1.807) is 60.7 Å². The average molecular weight is 659 g/mol. The van der Waals surface area contributed by atoms with Gasteiger partial charge in [-0.05, 0) is 54.6 Å². The summed E-state index contributed by atoms with van der Waals surface area (Å²) in [6.07, 6.45) is 4.13. The molecule has 4 aromatic heterocycles.